The normalized spacial score (nSPS) is 14.6. The first-order valence-corrected chi connectivity index (χ1v) is 7.15. The van der Waals surface area contributed by atoms with E-state index in [-0.39, 0.29) is 4.90 Å². The lowest BCUT2D eigenvalue weighted by atomic mass is 10.0. The first-order chi connectivity index (χ1) is 8.96. The summed E-state index contributed by atoms with van der Waals surface area (Å²) in [6, 6.07) is 6.52. The topological polar surface area (TPSA) is 93.2 Å². The Morgan fingerprint density at radius 1 is 1.42 bits per heavy atom. The smallest absolute Gasteiger partial charge is 0.191 e. The molecule has 0 saturated heterocycles. The molecule has 0 heterocycles. The van der Waals surface area contributed by atoms with Crippen molar-refractivity contribution in [2.75, 3.05) is 19.5 Å². The summed E-state index contributed by atoms with van der Waals surface area (Å²) in [7, 11) is -2.19. The van der Waals surface area contributed by atoms with E-state index >= 15 is 0 Å². The number of methoxy groups -OCH3 is 1. The molecule has 0 aliphatic rings. The molecule has 0 amide bonds. The first kappa shape index (κ1) is 15.6. The quantitative estimate of drug-likeness (QED) is 0.841. The van der Waals surface area contributed by atoms with E-state index in [1.165, 1.54) is 31.4 Å². The van der Waals surface area contributed by atoms with Crippen LogP contribution < -0.4 is 5.73 Å². The Labute approximate surface area is 111 Å². The lowest BCUT2D eigenvalue weighted by molar-refractivity contribution is 0.0720. The van der Waals surface area contributed by atoms with Gasteiger partial charge in [0.1, 0.15) is 12.4 Å². The molecule has 5 nitrogen and oxygen atoms in total. The van der Waals surface area contributed by atoms with Gasteiger partial charge in [0.2, 0.25) is 0 Å². The third-order valence-corrected chi connectivity index (χ3v) is 4.14. The molecule has 0 saturated carbocycles. The highest BCUT2D eigenvalue weighted by molar-refractivity contribution is 7.91. The van der Waals surface area contributed by atoms with E-state index in [1.54, 1.807) is 6.07 Å². The Hall–Kier alpha value is -1.49. The third-order valence-electron chi connectivity index (χ3n) is 2.64. The van der Waals surface area contributed by atoms with Crippen molar-refractivity contribution in [3.63, 3.8) is 0 Å². The summed E-state index contributed by atoms with van der Waals surface area (Å²) in [5.41, 5.74) is 6.16. The Bertz CT molecular complexity index is 551. The van der Waals surface area contributed by atoms with Crippen molar-refractivity contribution >= 4 is 9.84 Å². The molecular weight excluding hydrogens is 271 g/mol. The lowest BCUT2D eigenvalue weighted by Crippen LogP contribution is -2.31. The van der Waals surface area contributed by atoms with Crippen LogP contribution in [0.5, 0.6) is 0 Å². The SMILES string of the molecule is CO[C@H](c1ccc(S(=O)(=O)CC#N)cc1)[C@H](N)CF. The van der Waals surface area contributed by atoms with Crippen LogP contribution >= 0.6 is 0 Å². The molecule has 0 aliphatic heterocycles. The van der Waals surface area contributed by atoms with E-state index < -0.39 is 34.4 Å². The zero-order valence-corrected chi connectivity index (χ0v) is 11.2. The van der Waals surface area contributed by atoms with Crippen LogP contribution in [0, 0.1) is 11.3 Å². The van der Waals surface area contributed by atoms with Gasteiger partial charge in [-0.1, -0.05) is 12.1 Å². The highest BCUT2D eigenvalue weighted by atomic mass is 32.2. The fraction of sp³-hybridized carbons (Fsp3) is 0.417. The molecule has 0 radical (unpaired) electrons. The maximum Gasteiger partial charge on any atom is 0.191 e. The Morgan fingerprint density at radius 2 is 2.00 bits per heavy atom. The average Bonchev–Trinajstić information content (AvgIpc) is 2.40. The van der Waals surface area contributed by atoms with E-state index in [4.69, 9.17) is 15.7 Å². The van der Waals surface area contributed by atoms with Gasteiger partial charge in [-0.25, -0.2) is 12.8 Å². The van der Waals surface area contributed by atoms with Crippen molar-refractivity contribution in [1.29, 1.82) is 5.26 Å². The molecule has 0 unspecified atom stereocenters. The number of halogens is 1. The summed E-state index contributed by atoms with van der Waals surface area (Å²) in [5.74, 6) is -0.579. The van der Waals surface area contributed by atoms with Crippen LogP contribution in [0.3, 0.4) is 0 Å². The van der Waals surface area contributed by atoms with Crippen molar-refractivity contribution < 1.29 is 17.5 Å². The van der Waals surface area contributed by atoms with Crippen LogP contribution in [0.15, 0.2) is 29.2 Å². The zero-order valence-electron chi connectivity index (χ0n) is 10.4. The van der Waals surface area contributed by atoms with E-state index in [9.17, 15) is 12.8 Å². The summed E-state index contributed by atoms with van der Waals surface area (Å²) in [5, 5.41) is 8.44. The van der Waals surface area contributed by atoms with Gasteiger partial charge in [0.05, 0.1) is 23.1 Å². The predicted octanol–water partition coefficient (Wildman–Crippen LogP) is 0.968. The van der Waals surface area contributed by atoms with Crippen molar-refractivity contribution in [3.05, 3.63) is 29.8 Å². The number of benzene rings is 1. The zero-order chi connectivity index (χ0) is 14.5. The monoisotopic (exact) mass is 286 g/mol. The van der Waals surface area contributed by atoms with E-state index in [0.717, 1.165) is 0 Å². The highest BCUT2D eigenvalue weighted by Crippen LogP contribution is 2.22. The molecule has 0 spiro atoms. The lowest BCUT2D eigenvalue weighted by Gasteiger charge is -2.20. The molecule has 2 N–H and O–H groups in total. The van der Waals surface area contributed by atoms with Gasteiger partial charge in [-0.2, -0.15) is 5.26 Å². The Kier molecular flexibility index (Phi) is 5.42. The largest absolute Gasteiger partial charge is 0.375 e. The fourth-order valence-corrected chi connectivity index (χ4v) is 2.56. The van der Waals surface area contributed by atoms with E-state index in [0.29, 0.717) is 5.56 Å². The summed E-state index contributed by atoms with van der Waals surface area (Å²) in [6.07, 6.45) is -0.641. The molecule has 1 rings (SSSR count). The van der Waals surface area contributed by atoms with Gasteiger partial charge >= 0.3 is 0 Å². The second-order valence-corrected chi connectivity index (χ2v) is 5.95. The molecular formula is C12H15FN2O3S. The number of hydrogen-bond acceptors (Lipinski definition) is 5. The van der Waals surface area contributed by atoms with Crippen LogP contribution in [0.2, 0.25) is 0 Å². The van der Waals surface area contributed by atoms with Crippen LogP contribution in [-0.2, 0) is 14.6 Å². The minimum absolute atomic E-state index is 0.0430. The molecule has 19 heavy (non-hydrogen) atoms. The van der Waals surface area contributed by atoms with Gasteiger partial charge in [0.15, 0.2) is 9.84 Å². The number of sulfone groups is 1. The molecule has 0 aromatic heterocycles. The minimum atomic E-state index is -3.59. The second-order valence-electron chi connectivity index (χ2n) is 3.96. The van der Waals surface area contributed by atoms with E-state index in [1.807, 2.05) is 0 Å². The molecule has 1 aromatic rings. The third kappa shape index (κ3) is 3.73. The average molecular weight is 286 g/mol. The Balaban J connectivity index is 3.03. The van der Waals surface area contributed by atoms with Gasteiger partial charge in [-0.3, -0.25) is 0 Å². The number of nitrogens with two attached hydrogens (primary N) is 1. The molecule has 2 atom stereocenters. The van der Waals surface area contributed by atoms with Gasteiger partial charge < -0.3 is 10.5 Å². The van der Waals surface area contributed by atoms with Crippen LogP contribution in [0.4, 0.5) is 4.39 Å². The molecule has 0 fully saturated rings. The molecule has 1 aromatic carbocycles. The number of ether oxygens (including phenoxy) is 1. The van der Waals surface area contributed by atoms with Crippen molar-refractivity contribution in [2.24, 2.45) is 5.73 Å². The number of nitrogens with zero attached hydrogens (tertiary/aromatic N) is 1. The van der Waals surface area contributed by atoms with Gasteiger partial charge in [-0.15, -0.1) is 0 Å². The van der Waals surface area contributed by atoms with Crippen LogP contribution in [0.25, 0.3) is 0 Å². The highest BCUT2D eigenvalue weighted by Gasteiger charge is 2.20. The van der Waals surface area contributed by atoms with Crippen LogP contribution in [0.1, 0.15) is 11.7 Å². The maximum atomic E-state index is 12.5. The van der Waals surface area contributed by atoms with Crippen molar-refractivity contribution in [2.45, 2.75) is 17.0 Å². The maximum absolute atomic E-state index is 12.5. The fourth-order valence-electron chi connectivity index (χ4n) is 1.67. The standard InChI is InChI=1S/C12H15FN2O3S/c1-18-12(11(15)8-13)9-2-4-10(5-3-9)19(16,17)7-6-14/h2-5,11-12H,7-8,15H2,1H3/t11-,12-/m1/s1. The van der Waals surface area contributed by atoms with Gasteiger partial charge in [0.25, 0.3) is 0 Å². The number of alkyl halides is 1. The van der Waals surface area contributed by atoms with Crippen molar-refractivity contribution in [3.8, 4) is 6.07 Å². The summed E-state index contributed by atoms with van der Waals surface area (Å²) in [4.78, 5) is 0.0430. The predicted molar refractivity (Wildman–Crippen MR) is 67.8 cm³/mol. The second kappa shape index (κ2) is 6.61. The van der Waals surface area contributed by atoms with Crippen molar-refractivity contribution in [1.82, 2.24) is 0 Å². The number of nitriles is 1. The van der Waals surface area contributed by atoms with Gasteiger partial charge in [-0.05, 0) is 17.7 Å². The number of rotatable bonds is 6. The summed E-state index contributed by atoms with van der Waals surface area (Å²) < 4.78 is 40.9. The first-order valence-electron chi connectivity index (χ1n) is 5.50. The summed E-state index contributed by atoms with van der Waals surface area (Å²) in [6.45, 7) is -0.743. The Morgan fingerprint density at radius 3 is 2.42 bits per heavy atom. The minimum Gasteiger partial charge on any atom is -0.375 e. The van der Waals surface area contributed by atoms with Gasteiger partial charge in [0, 0.05) is 7.11 Å². The summed E-state index contributed by atoms with van der Waals surface area (Å²) >= 11 is 0. The molecule has 7 heteroatoms. The number of hydrogen-bond donors (Lipinski definition) is 1. The molecule has 0 aliphatic carbocycles. The molecule has 104 valence electrons. The molecule has 0 bridgehead atoms. The van der Waals surface area contributed by atoms with E-state index in [2.05, 4.69) is 0 Å². The van der Waals surface area contributed by atoms with Crippen LogP contribution in [-0.4, -0.2) is 34.0 Å².